The van der Waals surface area contributed by atoms with Crippen molar-refractivity contribution >= 4 is 45.8 Å². The number of likely N-dealkylation sites (tertiary alicyclic amines) is 2. The number of ether oxygens (including phenoxy) is 5. The van der Waals surface area contributed by atoms with Crippen LogP contribution in [0.5, 0.6) is 5.75 Å². The van der Waals surface area contributed by atoms with Gasteiger partial charge in [0, 0.05) is 43.7 Å². The fraction of sp³-hybridized carbons (Fsp3) is 0.489. The molecule has 2 fully saturated rings. The van der Waals surface area contributed by atoms with E-state index in [1.165, 1.54) is 21.3 Å². The van der Waals surface area contributed by atoms with Crippen molar-refractivity contribution in [2.45, 2.75) is 96.3 Å². The van der Waals surface area contributed by atoms with Gasteiger partial charge >= 0.3 is 12.2 Å². The molecule has 4 amide bonds. The van der Waals surface area contributed by atoms with E-state index in [0.29, 0.717) is 44.2 Å². The molecule has 0 aliphatic carbocycles. The van der Waals surface area contributed by atoms with Gasteiger partial charge in [-0.05, 0) is 84.9 Å². The SMILES string of the molecule is CC[C@@H](OC)[C@H](NC(=O)OC)C(=O)N1C[C@@H](COC)C[C@H]1c1nc2ccc3cc4c(cc3c2[nH]1)OCc1cc(-c2cnc([C@@H]3CC[C@H](C)N3C(=O)[C@@H](NC(=O)OC)C(C)C)[nH]2)ccc1-4. The number of methoxy groups -OCH3 is 4. The zero-order valence-corrected chi connectivity index (χ0v) is 37.7. The molecule has 5 aromatic rings. The van der Waals surface area contributed by atoms with Crippen molar-refractivity contribution in [3.8, 4) is 28.1 Å². The third kappa shape index (κ3) is 8.33. The van der Waals surface area contributed by atoms with Crippen LogP contribution in [0.2, 0.25) is 0 Å². The Bertz CT molecular complexity index is 2550. The van der Waals surface area contributed by atoms with Gasteiger partial charge in [0.2, 0.25) is 11.8 Å². The smallest absolute Gasteiger partial charge is 0.407 e. The van der Waals surface area contributed by atoms with E-state index in [1.54, 1.807) is 12.0 Å². The number of rotatable bonds is 13. The van der Waals surface area contributed by atoms with Crippen LogP contribution in [0.4, 0.5) is 9.59 Å². The number of fused-ring (bicyclic) bond motifs is 6. The Labute approximate surface area is 371 Å². The highest BCUT2D eigenvalue weighted by Gasteiger charge is 2.44. The van der Waals surface area contributed by atoms with Gasteiger partial charge in [0.15, 0.2) is 0 Å². The summed E-state index contributed by atoms with van der Waals surface area (Å²) in [5.41, 5.74) is 6.44. The first-order valence-electron chi connectivity index (χ1n) is 22.0. The zero-order chi connectivity index (χ0) is 45.4. The summed E-state index contributed by atoms with van der Waals surface area (Å²) in [4.78, 5) is 73.2. The summed E-state index contributed by atoms with van der Waals surface area (Å²) >= 11 is 0. The number of alkyl carbamates (subject to hydrolysis) is 2. The number of hydrogen-bond acceptors (Lipinski definition) is 11. The van der Waals surface area contributed by atoms with Crippen molar-refractivity contribution < 1.29 is 42.9 Å². The fourth-order valence-electron chi connectivity index (χ4n) is 9.77. The largest absolute Gasteiger partial charge is 0.488 e. The van der Waals surface area contributed by atoms with Gasteiger partial charge in [0.05, 0.1) is 61.9 Å². The molecule has 17 nitrogen and oxygen atoms in total. The molecule has 3 aliphatic heterocycles. The minimum absolute atomic E-state index is 0.0244. The standard InChI is InChI=1S/C47H58N8O9/c1-9-37(61-6)41(53-47(59)63-8)44(56)54-21-26(22-60-5)16-36(54)43-49-33-14-12-27-18-32-30-13-11-28(17-29(30)23-64-38(32)19-31(27)40(33)51-43)34-20-48-42(50-34)35-15-10-25(4)55(35)45(57)39(24(2)3)52-46(58)62-7/h11-14,17-20,24-26,35-37,39,41H,9-10,15-16,21-23H2,1-8H3,(H,48,50)(H,49,51)(H,52,58)(H,53,59)/t25-,26-,35-,36-,37+,39-,41-/m0/s1. The summed E-state index contributed by atoms with van der Waals surface area (Å²) < 4.78 is 27.3. The quantitative estimate of drug-likeness (QED) is 0.0971. The van der Waals surface area contributed by atoms with Crippen molar-refractivity contribution in [2.75, 3.05) is 41.6 Å². The lowest BCUT2D eigenvalue weighted by molar-refractivity contribution is -0.138. The first-order chi connectivity index (χ1) is 30.9. The predicted molar refractivity (Wildman–Crippen MR) is 238 cm³/mol. The van der Waals surface area contributed by atoms with Crippen LogP contribution in [0.3, 0.4) is 0 Å². The molecule has 64 heavy (non-hydrogen) atoms. The van der Waals surface area contributed by atoms with E-state index in [1.807, 2.05) is 44.9 Å². The number of aromatic amines is 2. The van der Waals surface area contributed by atoms with Crippen molar-refractivity contribution in [2.24, 2.45) is 11.8 Å². The summed E-state index contributed by atoms with van der Waals surface area (Å²) in [6, 6.07) is 12.2. The van der Waals surface area contributed by atoms with Crippen molar-refractivity contribution in [1.29, 1.82) is 0 Å². The number of benzene rings is 3. The number of H-pyrrole nitrogens is 2. The number of carbonyl (C=O) groups excluding carboxylic acids is 4. The highest BCUT2D eigenvalue weighted by Crippen LogP contribution is 2.44. The number of carbonyl (C=O) groups is 4. The van der Waals surface area contributed by atoms with Gasteiger partial charge in [-0.15, -0.1) is 0 Å². The molecule has 0 bridgehead atoms. The molecule has 0 saturated carbocycles. The Morgan fingerprint density at radius 2 is 1.66 bits per heavy atom. The van der Waals surface area contributed by atoms with Crippen LogP contribution >= 0.6 is 0 Å². The second-order valence-corrected chi connectivity index (χ2v) is 17.4. The van der Waals surface area contributed by atoms with Gasteiger partial charge in [-0.2, -0.15) is 0 Å². The van der Waals surface area contributed by atoms with Crippen LogP contribution in [0.15, 0.2) is 48.7 Å². The van der Waals surface area contributed by atoms with Crippen molar-refractivity contribution in [3.05, 3.63) is 65.9 Å². The van der Waals surface area contributed by atoms with Crippen molar-refractivity contribution in [1.82, 2.24) is 40.4 Å². The Balaban J connectivity index is 1.06. The minimum atomic E-state index is -0.957. The van der Waals surface area contributed by atoms with E-state index in [-0.39, 0.29) is 35.7 Å². The molecular formula is C47H58N8O9. The highest BCUT2D eigenvalue weighted by atomic mass is 16.5. The third-order valence-corrected chi connectivity index (χ3v) is 13.1. The normalized spacial score (nSPS) is 20.7. The maximum Gasteiger partial charge on any atom is 0.407 e. The second-order valence-electron chi connectivity index (χ2n) is 17.4. The molecule has 0 radical (unpaired) electrons. The van der Waals surface area contributed by atoms with Crippen LogP contribution < -0.4 is 15.4 Å². The van der Waals surface area contributed by atoms with E-state index < -0.39 is 36.4 Å². The topological polar surface area (TPSA) is 202 Å². The van der Waals surface area contributed by atoms with E-state index in [4.69, 9.17) is 33.7 Å². The molecule has 7 atom stereocenters. The van der Waals surface area contributed by atoms with Gasteiger partial charge < -0.3 is 54.1 Å². The average Bonchev–Trinajstić information content (AvgIpc) is 4.13. The Hall–Kier alpha value is -6.20. The van der Waals surface area contributed by atoms with E-state index in [9.17, 15) is 19.2 Å². The minimum Gasteiger partial charge on any atom is -0.488 e. The Kier molecular flexibility index (Phi) is 12.8. The molecule has 0 spiro atoms. The molecule has 5 heterocycles. The first kappa shape index (κ1) is 44.4. The predicted octanol–water partition coefficient (Wildman–Crippen LogP) is 6.78. The number of imidazole rings is 2. The molecule has 17 heteroatoms. The average molecular weight is 879 g/mol. The zero-order valence-electron chi connectivity index (χ0n) is 37.7. The van der Waals surface area contributed by atoms with Crippen molar-refractivity contribution in [3.63, 3.8) is 0 Å². The highest BCUT2D eigenvalue weighted by molar-refractivity contribution is 6.07. The molecule has 2 saturated heterocycles. The number of nitrogens with zero attached hydrogens (tertiary/aromatic N) is 4. The Morgan fingerprint density at radius 1 is 0.891 bits per heavy atom. The summed E-state index contributed by atoms with van der Waals surface area (Å²) in [6.07, 6.45) is 2.58. The maximum absolute atomic E-state index is 14.3. The molecule has 4 N–H and O–H groups in total. The summed E-state index contributed by atoms with van der Waals surface area (Å²) in [7, 11) is 5.73. The summed E-state index contributed by atoms with van der Waals surface area (Å²) in [5, 5.41) is 7.37. The maximum atomic E-state index is 14.3. The lowest BCUT2D eigenvalue weighted by atomic mass is 9.92. The fourth-order valence-corrected chi connectivity index (χ4v) is 9.77. The lowest BCUT2D eigenvalue weighted by Crippen LogP contribution is -2.54. The molecule has 8 rings (SSSR count). The molecule has 0 unspecified atom stereocenters. The van der Waals surface area contributed by atoms with E-state index in [2.05, 4.69) is 57.0 Å². The molecule has 3 aromatic carbocycles. The molecule has 2 aromatic heterocycles. The molecular weight excluding hydrogens is 821 g/mol. The number of aromatic nitrogens is 4. The van der Waals surface area contributed by atoms with Crippen LogP contribution in [0, 0.1) is 11.8 Å². The van der Waals surface area contributed by atoms with E-state index >= 15 is 0 Å². The monoisotopic (exact) mass is 878 g/mol. The summed E-state index contributed by atoms with van der Waals surface area (Å²) in [5.74, 6) is 1.58. The van der Waals surface area contributed by atoms with Crippen LogP contribution in [-0.4, -0.2) is 120 Å². The number of amides is 4. The summed E-state index contributed by atoms with van der Waals surface area (Å²) in [6.45, 7) is 8.98. The van der Waals surface area contributed by atoms with Gasteiger partial charge in [-0.3, -0.25) is 9.59 Å². The van der Waals surface area contributed by atoms with Gasteiger partial charge in [-0.25, -0.2) is 19.6 Å². The number of hydrogen-bond donors (Lipinski definition) is 4. The lowest BCUT2D eigenvalue weighted by Gasteiger charge is -2.32. The Morgan fingerprint density at radius 3 is 2.36 bits per heavy atom. The number of nitrogens with one attached hydrogen (secondary N) is 4. The third-order valence-electron chi connectivity index (χ3n) is 13.1. The van der Waals surface area contributed by atoms with Crippen LogP contribution in [-0.2, 0) is 35.1 Å². The van der Waals surface area contributed by atoms with Gasteiger partial charge in [-0.1, -0.05) is 39.0 Å². The van der Waals surface area contributed by atoms with Crippen LogP contribution in [0.1, 0.15) is 82.7 Å². The van der Waals surface area contributed by atoms with Crippen LogP contribution in [0.25, 0.3) is 44.2 Å². The van der Waals surface area contributed by atoms with E-state index in [0.717, 1.165) is 68.3 Å². The molecule has 3 aliphatic rings. The van der Waals surface area contributed by atoms with Gasteiger partial charge in [0.1, 0.15) is 36.1 Å². The molecule has 340 valence electrons. The second kappa shape index (κ2) is 18.5. The first-order valence-corrected chi connectivity index (χ1v) is 22.0. The van der Waals surface area contributed by atoms with Gasteiger partial charge in [0.25, 0.3) is 0 Å².